The quantitative estimate of drug-likeness (QED) is 0.662. The number of hydrogen-bond donors (Lipinski definition) is 0. The summed E-state index contributed by atoms with van der Waals surface area (Å²) in [6, 6.07) is 2.90. The van der Waals surface area contributed by atoms with Crippen molar-refractivity contribution in [2.75, 3.05) is 19.6 Å². The van der Waals surface area contributed by atoms with Crippen molar-refractivity contribution in [3.05, 3.63) is 23.5 Å². The monoisotopic (exact) mass is 431 g/mol. The molecule has 1 unspecified atom stereocenters. The highest BCUT2D eigenvalue weighted by Crippen LogP contribution is 2.25. The van der Waals surface area contributed by atoms with Crippen LogP contribution < -0.4 is 0 Å². The van der Waals surface area contributed by atoms with E-state index in [9.17, 15) is 13.2 Å². The second kappa shape index (κ2) is 8.97. The Bertz CT molecular complexity index is 775. The van der Waals surface area contributed by atoms with Crippen LogP contribution in [-0.4, -0.2) is 60.0 Å². The molecular weight excluding hydrogens is 402 g/mol. The Balaban J connectivity index is 2.11. The van der Waals surface area contributed by atoms with Crippen LogP contribution in [0, 0.1) is 5.92 Å². The number of hydrogen-bond acceptors (Lipinski definition) is 5. The highest BCUT2D eigenvalue weighted by Gasteiger charge is 2.33. The molecule has 158 valence electrons. The van der Waals surface area contributed by atoms with Crippen molar-refractivity contribution >= 4 is 27.7 Å². The third-order valence-corrected chi connectivity index (χ3v) is 6.60. The van der Waals surface area contributed by atoms with Crippen molar-refractivity contribution in [1.82, 2.24) is 14.2 Å². The summed E-state index contributed by atoms with van der Waals surface area (Å²) < 4.78 is 32.8. The van der Waals surface area contributed by atoms with E-state index in [0.29, 0.717) is 19.6 Å². The fourth-order valence-corrected chi connectivity index (χ4v) is 4.77. The summed E-state index contributed by atoms with van der Waals surface area (Å²) in [6.07, 6.45) is 2.51. The lowest BCUT2D eigenvalue weighted by atomic mass is 9.98. The first-order valence-corrected chi connectivity index (χ1v) is 11.3. The molecule has 0 bridgehead atoms. The predicted octanol–water partition coefficient (Wildman–Crippen LogP) is 3.78. The van der Waals surface area contributed by atoms with E-state index < -0.39 is 15.6 Å². The molecule has 2 heterocycles. The molecule has 0 aliphatic carbocycles. The summed E-state index contributed by atoms with van der Waals surface area (Å²) in [5, 5.41) is 0.250. The number of nitrogens with zero attached hydrogens (tertiary/aromatic N) is 3. The number of rotatable bonds is 5. The number of carbonyl (C=O) groups excluding carboxylic acids is 1. The molecule has 2 rings (SSSR count). The first-order valence-electron chi connectivity index (χ1n) is 9.51. The summed E-state index contributed by atoms with van der Waals surface area (Å²) in [4.78, 5) is 18.2. The standard InChI is InChI=1S/C19H30ClN3O4S/c1-14(2)23(18(24)27-19(3,4)5)13-15-7-6-10-22(12-15)28(25,26)16-8-9-17(20)21-11-16/h8-9,11,14-15H,6-7,10,12-13H2,1-5H3. The van der Waals surface area contributed by atoms with Gasteiger partial charge in [0.2, 0.25) is 10.0 Å². The molecule has 28 heavy (non-hydrogen) atoms. The molecular formula is C19H30ClN3O4S. The highest BCUT2D eigenvalue weighted by atomic mass is 35.5. The normalized spacial score (nSPS) is 18.9. The zero-order valence-electron chi connectivity index (χ0n) is 17.2. The minimum Gasteiger partial charge on any atom is -0.444 e. The topological polar surface area (TPSA) is 79.8 Å². The fourth-order valence-electron chi connectivity index (χ4n) is 3.15. The van der Waals surface area contributed by atoms with Gasteiger partial charge >= 0.3 is 6.09 Å². The second-order valence-electron chi connectivity index (χ2n) is 8.41. The largest absolute Gasteiger partial charge is 0.444 e. The lowest BCUT2D eigenvalue weighted by Gasteiger charge is -2.37. The van der Waals surface area contributed by atoms with Crippen LogP contribution in [0.2, 0.25) is 5.15 Å². The van der Waals surface area contributed by atoms with Gasteiger partial charge in [0.1, 0.15) is 15.6 Å². The Kier molecular flexibility index (Phi) is 7.33. The van der Waals surface area contributed by atoms with Crippen LogP contribution in [-0.2, 0) is 14.8 Å². The molecule has 9 heteroatoms. The summed E-state index contributed by atoms with van der Waals surface area (Å²) in [6.45, 7) is 10.6. The van der Waals surface area contributed by atoms with Crippen LogP contribution in [0.1, 0.15) is 47.5 Å². The van der Waals surface area contributed by atoms with Crippen molar-refractivity contribution in [1.29, 1.82) is 0 Å². The van der Waals surface area contributed by atoms with Crippen LogP contribution in [0.3, 0.4) is 0 Å². The van der Waals surface area contributed by atoms with Gasteiger partial charge in [-0.05, 0) is 65.5 Å². The molecule has 1 aliphatic heterocycles. The van der Waals surface area contributed by atoms with E-state index in [-0.39, 0.29) is 28.1 Å². The third-order valence-electron chi connectivity index (χ3n) is 4.53. The highest BCUT2D eigenvalue weighted by molar-refractivity contribution is 7.89. The number of sulfonamides is 1. The lowest BCUT2D eigenvalue weighted by Crippen LogP contribution is -2.48. The van der Waals surface area contributed by atoms with Gasteiger partial charge in [0.25, 0.3) is 0 Å². The van der Waals surface area contributed by atoms with Gasteiger partial charge in [0.05, 0.1) is 0 Å². The van der Waals surface area contributed by atoms with Gasteiger partial charge in [-0.1, -0.05) is 11.6 Å². The molecule has 1 aromatic rings. The molecule has 1 saturated heterocycles. The number of carbonyl (C=O) groups is 1. The predicted molar refractivity (Wildman–Crippen MR) is 109 cm³/mol. The SMILES string of the molecule is CC(C)N(CC1CCCN(S(=O)(=O)c2ccc(Cl)nc2)C1)C(=O)OC(C)(C)C. The summed E-state index contributed by atoms with van der Waals surface area (Å²) in [7, 11) is -3.64. The second-order valence-corrected chi connectivity index (χ2v) is 10.7. The van der Waals surface area contributed by atoms with Crippen LogP contribution in [0.4, 0.5) is 4.79 Å². The van der Waals surface area contributed by atoms with Gasteiger partial charge in [0.15, 0.2) is 0 Å². The zero-order valence-corrected chi connectivity index (χ0v) is 18.8. The van der Waals surface area contributed by atoms with Crippen LogP contribution in [0.5, 0.6) is 0 Å². The molecule has 1 aliphatic rings. The molecule has 0 saturated carbocycles. The lowest BCUT2D eigenvalue weighted by molar-refractivity contribution is 0.0138. The van der Waals surface area contributed by atoms with Crippen molar-refractivity contribution < 1.29 is 17.9 Å². The molecule has 0 radical (unpaired) electrons. The van der Waals surface area contributed by atoms with Crippen LogP contribution in [0.15, 0.2) is 23.2 Å². The van der Waals surface area contributed by atoms with Crippen molar-refractivity contribution in [2.45, 2.75) is 64.0 Å². The molecule has 1 amide bonds. The van der Waals surface area contributed by atoms with Gasteiger partial charge in [-0.2, -0.15) is 4.31 Å². The Labute approximate surface area is 173 Å². The molecule has 0 spiro atoms. The van der Waals surface area contributed by atoms with E-state index in [1.54, 1.807) is 4.90 Å². The van der Waals surface area contributed by atoms with Gasteiger partial charge in [0, 0.05) is 31.9 Å². The maximum atomic E-state index is 12.9. The van der Waals surface area contributed by atoms with Gasteiger partial charge in [-0.3, -0.25) is 0 Å². The van der Waals surface area contributed by atoms with Gasteiger partial charge in [-0.15, -0.1) is 0 Å². The number of piperidine rings is 1. The molecule has 7 nitrogen and oxygen atoms in total. The van der Waals surface area contributed by atoms with Crippen LogP contribution in [0.25, 0.3) is 0 Å². The van der Waals surface area contributed by atoms with Gasteiger partial charge < -0.3 is 9.64 Å². The summed E-state index contributed by atoms with van der Waals surface area (Å²) in [5.74, 6) is 0.0405. The number of ether oxygens (including phenoxy) is 1. The minimum absolute atomic E-state index is 0.0395. The molecule has 0 N–H and O–H groups in total. The summed E-state index contributed by atoms with van der Waals surface area (Å²) >= 11 is 5.76. The first-order chi connectivity index (χ1) is 12.9. The average Bonchev–Trinajstić information content (AvgIpc) is 2.58. The van der Waals surface area contributed by atoms with Gasteiger partial charge in [-0.25, -0.2) is 18.2 Å². The number of aromatic nitrogens is 1. The smallest absolute Gasteiger partial charge is 0.410 e. The maximum absolute atomic E-state index is 12.9. The average molecular weight is 432 g/mol. The third kappa shape index (κ3) is 6.06. The van der Waals surface area contributed by atoms with E-state index >= 15 is 0 Å². The Hall–Kier alpha value is -1.38. The van der Waals surface area contributed by atoms with Crippen molar-refractivity contribution in [3.8, 4) is 0 Å². The van der Waals surface area contributed by atoms with E-state index in [4.69, 9.17) is 16.3 Å². The van der Waals surface area contributed by atoms with E-state index in [2.05, 4.69) is 4.98 Å². The first kappa shape index (κ1) is 22.9. The molecule has 1 aromatic heterocycles. The van der Waals surface area contributed by atoms with E-state index in [1.165, 1.54) is 22.6 Å². The number of pyridine rings is 1. The minimum atomic E-state index is -3.64. The molecule has 1 atom stereocenters. The van der Waals surface area contributed by atoms with E-state index in [1.807, 2.05) is 34.6 Å². The Morgan fingerprint density at radius 3 is 2.61 bits per heavy atom. The van der Waals surface area contributed by atoms with Crippen LogP contribution >= 0.6 is 11.6 Å². The number of amides is 1. The van der Waals surface area contributed by atoms with E-state index in [0.717, 1.165) is 12.8 Å². The van der Waals surface area contributed by atoms with Crippen molar-refractivity contribution in [2.24, 2.45) is 5.92 Å². The molecule has 0 aromatic carbocycles. The Morgan fingerprint density at radius 1 is 1.39 bits per heavy atom. The number of halogens is 1. The summed E-state index contributed by atoms with van der Waals surface area (Å²) in [5.41, 5.74) is -0.576. The molecule has 1 fully saturated rings. The van der Waals surface area contributed by atoms with Crippen molar-refractivity contribution in [3.63, 3.8) is 0 Å². The fraction of sp³-hybridized carbons (Fsp3) is 0.684. The zero-order chi connectivity index (χ0) is 21.1. The Morgan fingerprint density at radius 2 is 2.07 bits per heavy atom. The maximum Gasteiger partial charge on any atom is 0.410 e.